The van der Waals surface area contributed by atoms with E-state index in [-0.39, 0.29) is 0 Å². The van der Waals surface area contributed by atoms with Crippen molar-refractivity contribution in [2.24, 2.45) is 0 Å². The van der Waals surface area contributed by atoms with Crippen molar-refractivity contribution in [1.29, 1.82) is 0 Å². The van der Waals surface area contributed by atoms with E-state index < -0.39 is 0 Å². The van der Waals surface area contributed by atoms with Crippen molar-refractivity contribution < 1.29 is 4.74 Å². The van der Waals surface area contributed by atoms with Crippen molar-refractivity contribution in [3.05, 3.63) is 29.3 Å². The lowest BCUT2D eigenvalue weighted by Gasteiger charge is -2.18. The fourth-order valence-electron chi connectivity index (χ4n) is 2.56. The largest absolute Gasteiger partial charge is 0.385 e. The van der Waals surface area contributed by atoms with Gasteiger partial charge in [0.25, 0.3) is 0 Å². The Morgan fingerprint density at radius 1 is 1.30 bits per heavy atom. The Kier molecular flexibility index (Phi) is 6.34. The predicted octanol–water partition coefficient (Wildman–Crippen LogP) is 2.99. The van der Waals surface area contributed by atoms with Gasteiger partial charge in [-0.05, 0) is 69.8 Å². The molecule has 0 amide bonds. The highest BCUT2D eigenvalue weighted by atomic mass is 16.5. The standard InChI is InChI=1S/C17H28N2O/c1-14(2)20-12-4-9-18-11-8-15-6-7-17-16(13-15)5-3-10-19-17/h6-7,13-14,18-19H,3-5,8-12H2,1-2H3. The van der Waals surface area contributed by atoms with E-state index in [0.717, 1.165) is 39.1 Å². The highest BCUT2D eigenvalue weighted by Crippen LogP contribution is 2.22. The Morgan fingerprint density at radius 3 is 3.05 bits per heavy atom. The quantitative estimate of drug-likeness (QED) is 0.716. The van der Waals surface area contributed by atoms with Crippen molar-refractivity contribution in [2.45, 2.75) is 45.6 Å². The molecular formula is C17H28N2O. The minimum absolute atomic E-state index is 0.346. The van der Waals surface area contributed by atoms with Crippen LogP contribution in [0, 0.1) is 0 Å². The molecule has 0 saturated carbocycles. The van der Waals surface area contributed by atoms with E-state index in [1.807, 2.05) is 0 Å². The van der Waals surface area contributed by atoms with Crippen molar-refractivity contribution >= 4 is 5.69 Å². The molecule has 20 heavy (non-hydrogen) atoms. The lowest BCUT2D eigenvalue weighted by Crippen LogP contribution is -2.20. The van der Waals surface area contributed by atoms with Crippen LogP contribution in [0.25, 0.3) is 0 Å². The van der Waals surface area contributed by atoms with Crippen LogP contribution in [0.5, 0.6) is 0 Å². The molecule has 112 valence electrons. The monoisotopic (exact) mass is 276 g/mol. The van der Waals surface area contributed by atoms with E-state index in [0.29, 0.717) is 6.10 Å². The molecule has 2 rings (SSSR count). The molecule has 1 aromatic carbocycles. The van der Waals surface area contributed by atoms with Gasteiger partial charge >= 0.3 is 0 Å². The fraction of sp³-hybridized carbons (Fsp3) is 0.647. The van der Waals surface area contributed by atoms with E-state index in [1.165, 1.54) is 29.7 Å². The molecule has 3 nitrogen and oxygen atoms in total. The number of hydrogen-bond acceptors (Lipinski definition) is 3. The summed E-state index contributed by atoms with van der Waals surface area (Å²) in [6.45, 7) is 8.23. The van der Waals surface area contributed by atoms with Crippen molar-refractivity contribution in [3.8, 4) is 0 Å². The molecule has 0 aliphatic carbocycles. The molecule has 0 aromatic heterocycles. The zero-order valence-corrected chi connectivity index (χ0v) is 12.9. The maximum absolute atomic E-state index is 5.52. The van der Waals surface area contributed by atoms with Crippen LogP contribution in [0.2, 0.25) is 0 Å². The minimum atomic E-state index is 0.346. The molecule has 2 N–H and O–H groups in total. The van der Waals surface area contributed by atoms with Gasteiger partial charge in [-0.3, -0.25) is 0 Å². The van der Waals surface area contributed by atoms with Crippen LogP contribution < -0.4 is 10.6 Å². The Bertz CT molecular complexity index is 404. The predicted molar refractivity (Wildman–Crippen MR) is 85.5 cm³/mol. The van der Waals surface area contributed by atoms with Crippen LogP contribution in [0.1, 0.15) is 37.8 Å². The molecule has 3 heteroatoms. The first kappa shape index (κ1) is 15.3. The summed E-state index contributed by atoms with van der Waals surface area (Å²) in [5, 5.41) is 6.95. The smallest absolute Gasteiger partial charge is 0.0518 e. The second-order valence-electron chi connectivity index (χ2n) is 5.79. The van der Waals surface area contributed by atoms with Gasteiger partial charge in [0.15, 0.2) is 0 Å². The highest BCUT2D eigenvalue weighted by Gasteiger charge is 2.08. The maximum Gasteiger partial charge on any atom is 0.0518 e. The first-order chi connectivity index (χ1) is 9.75. The summed E-state index contributed by atoms with van der Waals surface area (Å²) in [7, 11) is 0. The van der Waals surface area contributed by atoms with Crippen molar-refractivity contribution in [1.82, 2.24) is 5.32 Å². The van der Waals surface area contributed by atoms with E-state index in [1.54, 1.807) is 0 Å². The topological polar surface area (TPSA) is 33.3 Å². The number of anilines is 1. The van der Waals surface area contributed by atoms with Gasteiger partial charge in [-0.25, -0.2) is 0 Å². The van der Waals surface area contributed by atoms with Gasteiger partial charge in [0.1, 0.15) is 0 Å². The Morgan fingerprint density at radius 2 is 2.20 bits per heavy atom. The molecule has 0 saturated heterocycles. The van der Waals surface area contributed by atoms with Crippen molar-refractivity contribution in [2.75, 3.05) is 31.6 Å². The van der Waals surface area contributed by atoms with Crippen LogP contribution in [-0.2, 0) is 17.6 Å². The molecule has 0 atom stereocenters. The van der Waals surface area contributed by atoms with Gasteiger partial charge in [0, 0.05) is 18.8 Å². The van der Waals surface area contributed by atoms with Crippen LogP contribution in [0.3, 0.4) is 0 Å². The molecule has 1 aromatic rings. The van der Waals surface area contributed by atoms with Gasteiger partial charge in [-0.1, -0.05) is 12.1 Å². The van der Waals surface area contributed by atoms with E-state index in [2.05, 4.69) is 42.7 Å². The molecule has 0 bridgehead atoms. The molecule has 0 spiro atoms. The SMILES string of the molecule is CC(C)OCCCNCCc1ccc2c(c1)CCCN2. The second-order valence-corrected chi connectivity index (χ2v) is 5.79. The second kappa shape index (κ2) is 8.28. The average Bonchev–Trinajstić information content (AvgIpc) is 2.46. The third kappa shape index (κ3) is 5.14. The maximum atomic E-state index is 5.52. The summed E-state index contributed by atoms with van der Waals surface area (Å²) in [5.41, 5.74) is 4.26. The number of fused-ring (bicyclic) bond motifs is 1. The zero-order valence-electron chi connectivity index (χ0n) is 12.9. The molecule has 1 heterocycles. The van der Waals surface area contributed by atoms with E-state index in [4.69, 9.17) is 4.74 Å². The number of nitrogens with one attached hydrogen (secondary N) is 2. The number of ether oxygens (including phenoxy) is 1. The van der Waals surface area contributed by atoms with E-state index >= 15 is 0 Å². The van der Waals surface area contributed by atoms with Crippen molar-refractivity contribution in [3.63, 3.8) is 0 Å². The lowest BCUT2D eigenvalue weighted by atomic mass is 9.99. The fourth-order valence-corrected chi connectivity index (χ4v) is 2.56. The number of hydrogen-bond donors (Lipinski definition) is 2. The normalized spacial score (nSPS) is 14.2. The van der Waals surface area contributed by atoms with E-state index in [9.17, 15) is 0 Å². The molecule has 0 fully saturated rings. The molecule has 1 aliphatic rings. The zero-order chi connectivity index (χ0) is 14.2. The summed E-state index contributed by atoms with van der Waals surface area (Å²) >= 11 is 0. The number of aryl methyl sites for hydroxylation is 1. The van der Waals surface area contributed by atoms with Gasteiger partial charge < -0.3 is 15.4 Å². The van der Waals surface area contributed by atoms with Crippen LogP contribution in [0.4, 0.5) is 5.69 Å². The van der Waals surface area contributed by atoms with Crippen LogP contribution in [0.15, 0.2) is 18.2 Å². The van der Waals surface area contributed by atoms with Gasteiger partial charge in [-0.2, -0.15) is 0 Å². The molecule has 0 unspecified atom stereocenters. The highest BCUT2D eigenvalue weighted by molar-refractivity contribution is 5.54. The Hall–Kier alpha value is -1.06. The summed E-state index contributed by atoms with van der Waals surface area (Å²) in [5.74, 6) is 0. The number of benzene rings is 1. The Labute approximate surface area is 123 Å². The summed E-state index contributed by atoms with van der Waals surface area (Å²) in [6, 6.07) is 6.85. The van der Waals surface area contributed by atoms with Gasteiger partial charge in [0.05, 0.1) is 6.10 Å². The third-order valence-electron chi connectivity index (χ3n) is 3.65. The molecule has 1 aliphatic heterocycles. The lowest BCUT2D eigenvalue weighted by molar-refractivity contribution is 0.0771. The molecule has 0 radical (unpaired) electrons. The number of rotatable bonds is 8. The van der Waals surface area contributed by atoms with Crippen LogP contribution in [-0.4, -0.2) is 32.3 Å². The Balaban J connectivity index is 1.62. The minimum Gasteiger partial charge on any atom is -0.385 e. The van der Waals surface area contributed by atoms with Gasteiger partial charge in [-0.15, -0.1) is 0 Å². The average molecular weight is 276 g/mol. The third-order valence-corrected chi connectivity index (χ3v) is 3.65. The summed E-state index contributed by atoms with van der Waals surface area (Å²) in [6.07, 6.45) is 5.02. The molecular weight excluding hydrogens is 248 g/mol. The van der Waals surface area contributed by atoms with Crippen LogP contribution >= 0.6 is 0 Å². The van der Waals surface area contributed by atoms with Gasteiger partial charge in [0.2, 0.25) is 0 Å². The first-order valence-corrected chi connectivity index (χ1v) is 7.93. The summed E-state index contributed by atoms with van der Waals surface area (Å²) in [4.78, 5) is 0. The first-order valence-electron chi connectivity index (χ1n) is 7.93. The summed E-state index contributed by atoms with van der Waals surface area (Å²) < 4.78 is 5.52.